The van der Waals surface area contributed by atoms with E-state index >= 15 is 0 Å². The molecule has 15 heavy (non-hydrogen) atoms. The lowest BCUT2D eigenvalue weighted by molar-refractivity contribution is 0.247. The third-order valence-corrected chi connectivity index (χ3v) is 2.55. The molecule has 0 aliphatic carbocycles. The summed E-state index contributed by atoms with van der Waals surface area (Å²) in [7, 11) is 0. The molecule has 0 aromatic carbocycles. The minimum absolute atomic E-state index is 0.348. The van der Waals surface area contributed by atoms with Gasteiger partial charge in [0, 0.05) is 0 Å². The van der Waals surface area contributed by atoms with Crippen LogP contribution in [0.15, 0.2) is 0 Å². The summed E-state index contributed by atoms with van der Waals surface area (Å²) >= 11 is 0. The first-order valence-electron chi connectivity index (χ1n) is 6.16. The standard InChI is InChI=1S/C15H31/c1-13(2,3)10-12(15(7,8)9)11-14(4,5)6/h10-11H2,1-9H3. The molecule has 0 atom stereocenters. The Hall–Kier alpha value is 0. The molecule has 0 amide bonds. The van der Waals surface area contributed by atoms with E-state index in [4.69, 9.17) is 0 Å². The van der Waals surface area contributed by atoms with Gasteiger partial charge in [-0.2, -0.15) is 0 Å². The van der Waals surface area contributed by atoms with Crippen LogP contribution in [0, 0.1) is 22.2 Å². The monoisotopic (exact) mass is 211 g/mol. The van der Waals surface area contributed by atoms with E-state index in [1.54, 1.807) is 5.92 Å². The average molecular weight is 211 g/mol. The largest absolute Gasteiger partial charge is 0.0602 e. The van der Waals surface area contributed by atoms with Gasteiger partial charge in [0.2, 0.25) is 0 Å². The predicted octanol–water partition coefficient (Wildman–Crippen LogP) is 5.48. The van der Waals surface area contributed by atoms with Gasteiger partial charge in [-0.1, -0.05) is 62.3 Å². The van der Waals surface area contributed by atoms with Crippen LogP contribution in [0.3, 0.4) is 0 Å². The summed E-state index contributed by atoms with van der Waals surface area (Å²) in [5, 5.41) is 0. The van der Waals surface area contributed by atoms with E-state index in [0.29, 0.717) is 16.2 Å². The van der Waals surface area contributed by atoms with Gasteiger partial charge in [0.05, 0.1) is 0 Å². The van der Waals surface area contributed by atoms with Crippen LogP contribution in [0.4, 0.5) is 0 Å². The van der Waals surface area contributed by atoms with Crippen LogP contribution in [0.2, 0.25) is 0 Å². The quantitative estimate of drug-likeness (QED) is 0.567. The molecule has 0 aliphatic heterocycles. The molecular weight excluding hydrogens is 180 g/mol. The van der Waals surface area contributed by atoms with Gasteiger partial charge >= 0.3 is 0 Å². The van der Waals surface area contributed by atoms with Crippen molar-refractivity contribution in [2.24, 2.45) is 16.2 Å². The van der Waals surface area contributed by atoms with E-state index in [1.807, 2.05) is 0 Å². The predicted molar refractivity (Wildman–Crippen MR) is 70.8 cm³/mol. The van der Waals surface area contributed by atoms with Crippen molar-refractivity contribution in [3.8, 4) is 0 Å². The zero-order valence-electron chi connectivity index (χ0n) is 12.4. The lowest BCUT2D eigenvalue weighted by Crippen LogP contribution is -2.27. The first-order valence-corrected chi connectivity index (χ1v) is 6.16. The van der Waals surface area contributed by atoms with Gasteiger partial charge in [-0.05, 0) is 35.0 Å². The molecule has 0 aromatic rings. The SMILES string of the molecule is CC(C)(C)C[C](CC(C)(C)C)C(C)(C)C. The van der Waals surface area contributed by atoms with Crippen molar-refractivity contribution in [3.63, 3.8) is 0 Å². The lowest BCUT2D eigenvalue weighted by Gasteiger charge is -2.38. The zero-order chi connectivity index (χ0) is 12.5. The molecule has 0 spiro atoms. The molecule has 0 saturated carbocycles. The third kappa shape index (κ3) is 7.88. The average Bonchev–Trinajstić information content (AvgIpc) is 1.75. The molecule has 0 aromatic heterocycles. The number of hydrogen-bond acceptors (Lipinski definition) is 0. The highest BCUT2D eigenvalue weighted by Gasteiger charge is 2.32. The molecule has 0 heterocycles. The van der Waals surface area contributed by atoms with Gasteiger partial charge < -0.3 is 0 Å². The maximum Gasteiger partial charge on any atom is -0.0177 e. The zero-order valence-corrected chi connectivity index (χ0v) is 12.4. The molecule has 0 heteroatoms. The van der Waals surface area contributed by atoms with Crippen LogP contribution in [-0.2, 0) is 0 Å². The van der Waals surface area contributed by atoms with E-state index in [0.717, 1.165) is 0 Å². The smallest absolute Gasteiger partial charge is 0.0177 e. The maximum absolute atomic E-state index is 2.35. The van der Waals surface area contributed by atoms with Crippen molar-refractivity contribution in [2.75, 3.05) is 0 Å². The second kappa shape index (κ2) is 4.47. The molecule has 0 saturated heterocycles. The fourth-order valence-electron chi connectivity index (χ4n) is 1.87. The Balaban J connectivity index is 4.62. The molecule has 91 valence electrons. The van der Waals surface area contributed by atoms with E-state index < -0.39 is 0 Å². The van der Waals surface area contributed by atoms with Crippen LogP contribution < -0.4 is 0 Å². The summed E-state index contributed by atoms with van der Waals surface area (Å²) in [6.45, 7) is 21.0. The summed E-state index contributed by atoms with van der Waals surface area (Å²) in [5.74, 6) is 1.71. The summed E-state index contributed by atoms with van der Waals surface area (Å²) in [6, 6.07) is 0. The van der Waals surface area contributed by atoms with Crippen molar-refractivity contribution in [1.82, 2.24) is 0 Å². The Morgan fingerprint density at radius 3 is 1.00 bits per heavy atom. The van der Waals surface area contributed by atoms with Crippen molar-refractivity contribution in [3.05, 3.63) is 5.92 Å². The van der Waals surface area contributed by atoms with Gasteiger partial charge in [0.1, 0.15) is 0 Å². The maximum atomic E-state index is 2.35. The van der Waals surface area contributed by atoms with E-state index in [2.05, 4.69) is 62.3 Å². The van der Waals surface area contributed by atoms with Gasteiger partial charge in [0.25, 0.3) is 0 Å². The Bertz CT molecular complexity index is 164. The van der Waals surface area contributed by atoms with Gasteiger partial charge in [-0.3, -0.25) is 0 Å². The minimum atomic E-state index is 0.348. The Kier molecular flexibility index (Phi) is 4.47. The highest BCUT2D eigenvalue weighted by molar-refractivity contribution is 5.05. The number of rotatable bonds is 2. The van der Waals surface area contributed by atoms with Gasteiger partial charge in [0.15, 0.2) is 0 Å². The van der Waals surface area contributed by atoms with Crippen LogP contribution >= 0.6 is 0 Å². The first kappa shape index (κ1) is 15.0. The second-order valence-corrected chi connectivity index (χ2v) is 8.33. The van der Waals surface area contributed by atoms with Crippen molar-refractivity contribution < 1.29 is 0 Å². The highest BCUT2D eigenvalue weighted by atomic mass is 14.4. The second-order valence-electron chi connectivity index (χ2n) is 8.33. The van der Waals surface area contributed by atoms with Crippen molar-refractivity contribution in [1.29, 1.82) is 0 Å². The summed E-state index contributed by atoms with van der Waals surface area (Å²) < 4.78 is 0. The fourth-order valence-corrected chi connectivity index (χ4v) is 1.87. The van der Waals surface area contributed by atoms with E-state index in [9.17, 15) is 0 Å². The van der Waals surface area contributed by atoms with Crippen molar-refractivity contribution >= 4 is 0 Å². The third-order valence-electron chi connectivity index (χ3n) is 2.55. The van der Waals surface area contributed by atoms with Crippen LogP contribution in [0.1, 0.15) is 75.2 Å². The summed E-state index contributed by atoms with van der Waals surface area (Å²) in [4.78, 5) is 0. The summed E-state index contributed by atoms with van der Waals surface area (Å²) in [5.41, 5.74) is 1.17. The Morgan fingerprint density at radius 1 is 0.600 bits per heavy atom. The molecular formula is C15H31. The molecule has 0 rings (SSSR count). The molecule has 0 fully saturated rings. The van der Waals surface area contributed by atoms with Crippen LogP contribution in [-0.4, -0.2) is 0 Å². The highest BCUT2D eigenvalue weighted by Crippen LogP contribution is 2.44. The molecule has 0 bridgehead atoms. The lowest BCUT2D eigenvalue weighted by atomic mass is 9.66. The topological polar surface area (TPSA) is 0 Å². The Labute approximate surface area is 97.8 Å². The minimum Gasteiger partial charge on any atom is -0.0602 e. The molecule has 0 unspecified atom stereocenters. The van der Waals surface area contributed by atoms with E-state index in [1.165, 1.54) is 12.8 Å². The van der Waals surface area contributed by atoms with Crippen molar-refractivity contribution in [2.45, 2.75) is 75.2 Å². The fraction of sp³-hybridized carbons (Fsp3) is 0.933. The number of hydrogen-bond donors (Lipinski definition) is 0. The van der Waals surface area contributed by atoms with Gasteiger partial charge in [-0.25, -0.2) is 0 Å². The molecule has 0 N–H and O–H groups in total. The first-order chi connectivity index (χ1) is 6.31. The molecule has 0 nitrogen and oxygen atoms in total. The normalized spacial score (nSPS) is 14.8. The molecule has 0 aliphatic rings. The van der Waals surface area contributed by atoms with Crippen LogP contribution in [0.25, 0.3) is 0 Å². The van der Waals surface area contributed by atoms with Gasteiger partial charge in [-0.15, -0.1) is 0 Å². The summed E-state index contributed by atoms with van der Waals surface area (Å²) in [6.07, 6.45) is 2.49. The van der Waals surface area contributed by atoms with E-state index in [-0.39, 0.29) is 0 Å². The Morgan fingerprint density at radius 2 is 0.867 bits per heavy atom. The molecule has 1 radical (unpaired) electrons. The van der Waals surface area contributed by atoms with Crippen LogP contribution in [0.5, 0.6) is 0 Å².